The van der Waals surface area contributed by atoms with E-state index in [9.17, 15) is 4.79 Å². The van der Waals surface area contributed by atoms with Gasteiger partial charge in [-0.1, -0.05) is 6.58 Å². The standard InChI is InChI=1S/C11H20N2O/c1-8(11(12)14)9-4-6-10(7-5-9)13(2)3/h9-10H,1,4-7H2,2-3H3,(H2,12,14). The molecule has 1 fully saturated rings. The van der Waals surface area contributed by atoms with Gasteiger partial charge in [-0.3, -0.25) is 4.79 Å². The molecule has 0 aromatic rings. The number of amides is 1. The molecule has 3 heteroatoms. The van der Waals surface area contributed by atoms with Crippen molar-refractivity contribution < 1.29 is 4.79 Å². The maximum atomic E-state index is 10.9. The Kier molecular flexibility index (Phi) is 3.69. The average Bonchev–Trinajstić information content (AvgIpc) is 2.16. The molecule has 1 saturated carbocycles. The van der Waals surface area contributed by atoms with E-state index < -0.39 is 0 Å². The molecule has 3 nitrogen and oxygen atoms in total. The van der Waals surface area contributed by atoms with Crippen LogP contribution in [0.15, 0.2) is 12.2 Å². The molecular weight excluding hydrogens is 176 g/mol. The number of nitrogens with two attached hydrogens (primary N) is 1. The lowest BCUT2D eigenvalue weighted by Gasteiger charge is -2.32. The highest BCUT2D eigenvalue weighted by atomic mass is 16.1. The maximum Gasteiger partial charge on any atom is 0.244 e. The molecule has 1 rings (SSSR count). The van der Waals surface area contributed by atoms with Gasteiger partial charge in [0.15, 0.2) is 0 Å². The fourth-order valence-corrected chi connectivity index (χ4v) is 2.14. The van der Waals surface area contributed by atoms with Crippen molar-refractivity contribution in [1.29, 1.82) is 0 Å². The Balaban J connectivity index is 2.43. The summed E-state index contributed by atoms with van der Waals surface area (Å²) in [6, 6.07) is 0.659. The van der Waals surface area contributed by atoms with Gasteiger partial charge in [0.2, 0.25) is 5.91 Å². The molecule has 0 aromatic heterocycles. The summed E-state index contributed by atoms with van der Waals surface area (Å²) in [5, 5.41) is 0. The summed E-state index contributed by atoms with van der Waals surface area (Å²) in [7, 11) is 4.21. The Morgan fingerprint density at radius 1 is 1.29 bits per heavy atom. The molecule has 0 aromatic carbocycles. The third-order valence-corrected chi connectivity index (χ3v) is 3.24. The maximum absolute atomic E-state index is 10.9. The van der Waals surface area contributed by atoms with Crippen LogP contribution >= 0.6 is 0 Å². The second-order valence-corrected chi connectivity index (χ2v) is 4.36. The molecule has 0 bridgehead atoms. The third-order valence-electron chi connectivity index (χ3n) is 3.24. The molecule has 0 aliphatic heterocycles. The first-order chi connectivity index (χ1) is 6.52. The Morgan fingerprint density at radius 3 is 2.14 bits per heavy atom. The summed E-state index contributed by atoms with van der Waals surface area (Å²) in [6.07, 6.45) is 4.38. The molecule has 80 valence electrons. The SMILES string of the molecule is C=C(C(N)=O)C1CCC(N(C)C)CC1. The Hall–Kier alpha value is -0.830. The fourth-order valence-electron chi connectivity index (χ4n) is 2.14. The number of carbonyl (C=O) groups is 1. The molecule has 2 N–H and O–H groups in total. The van der Waals surface area contributed by atoms with E-state index >= 15 is 0 Å². The summed E-state index contributed by atoms with van der Waals surface area (Å²) >= 11 is 0. The zero-order valence-corrected chi connectivity index (χ0v) is 9.12. The smallest absolute Gasteiger partial charge is 0.244 e. The predicted octanol–water partition coefficient (Wildman–Crippen LogP) is 1.15. The first-order valence-corrected chi connectivity index (χ1v) is 5.17. The lowest BCUT2D eigenvalue weighted by molar-refractivity contribution is -0.115. The second-order valence-electron chi connectivity index (χ2n) is 4.36. The van der Waals surface area contributed by atoms with E-state index in [1.807, 2.05) is 0 Å². The molecular formula is C11H20N2O. The summed E-state index contributed by atoms with van der Waals surface area (Å²) in [6.45, 7) is 3.76. The quantitative estimate of drug-likeness (QED) is 0.688. The molecule has 1 amide bonds. The molecule has 0 radical (unpaired) electrons. The Morgan fingerprint density at radius 2 is 1.79 bits per heavy atom. The molecule has 14 heavy (non-hydrogen) atoms. The third kappa shape index (κ3) is 2.58. The summed E-state index contributed by atoms with van der Waals surface area (Å²) in [4.78, 5) is 13.2. The van der Waals surface area contributed by atoms with Crippen LogP contribution in [0.1, 0.15) is 25.7 Å². The van der Waals surface area contributed by atoms with Crippen molar-refractivity contribution in [1.82, 2.24) is 4.90 Å². The van der Waals surface area contributed by atoms with Crippen LogP contribution in [0, 0.1) is 5.92 Å². The Bertz CT molecular complexity index is 227. The van der Waals surface area contributed by atoms with Gasteiger partial charge in [-0.05, 0) is 45.7 Å². The van der Waals surface area contributed by atoms with Gasteiger partial charge in [0.1, 0.15) is 0 Å². The van der Waals surface area contributed by atoms with Gasteiger partial charge < -0.3 is 10.6 Å². The summed E-state index contributed by atoms with van der Waals surface area (Å²) < 4.78 is 0. The monoisotopic (exact) mass is 196 g/mol. The lowest BCUT2D eigenvalue weighted by Crippen LogP contribution is -2.33. The van der Waals surface area contributed by atoms with Crippen molar-refractivity contribution in [3.05, 3.63) is 12.2 Å². The van der Waals surface area contributed by atoms with Gasteiger partial charge in [0.05, 0.1) is 0 Å². The van der Waals surface area contributed by atoms with E-state index in [0.29, 0.717) is 17.5 Å². The van der Waals surface area contributed by atoms with Crippen LogP contribution in [0.3, 0.4) is 0 Å². The number of primary amides is 1. The molecule has 1 aliphatic rings. The number of carbonyl (C=O) groups excluding carboxylic acids is 1. The molecule has 0 spiro atoms. The summed E-state index contributed by atoms with van der Waals surface area (Å²) in [5.74, 6) is -0.0120. The van der Waals surface area contributed by atoms with Gasteiger partial charge in [-0.15, -0.1) is 0 Å². The van der Waals surface area contributed by atoms with Gasteiger partial charge in [0.25, 0.3) is 0 Å². The van der Waals surface area contributed by atoms with Crippen LogP contribution in [-0.2, 0) is 4.79 Å². The number of rotatable bonds is 3. The van der Waals surface area contributed by atoms with E-state index in [2.05, 4.69) is 25.6 Å². The first-order valence-electron chi connectivity index (χ1n) is 5.17. The normalized spacial score (nSPS) is 27.6. The summed E-state index contributed by atoms with van der Waals surface area (Å²) in [5.41, 5.74) is 5.83. The molecule has 0 atom stereocenters. The van der Waals surface area contributed by atoms with E-state index in [-0.39, 0.29) is 5.91 Å². The van der Waals surface area contributed by atoms with Gasteiger partial charge in [-0.2, -0.15) is 0 Å². The highest BCUT2D eigenvalue weighted by molar-refractivity contribution is 5.91. The minimum atomic E-state index is -0.335. The van der Waals surface area contributed by atoms with E-state index in [1.54, 1.807) is 0 Å². The average molecular weight is 196 g/mol. The van der Waals surface area contributed by atoms with Crippen LogP contribution < -0.4 is 5.73 Å². The van der Waals surface area contributed by atoms with Gasteiger partial charge >= 0.3 is 0 Å². The van der Waals surface area contributed by atoms with Crippen molar-refractivity contribution in [3.63, 3.8) is 0 Å². The van der Waals surface area contributed by atoms with Crippen LogP contribution in [-0.4, -0.2) is 30.9 Å². The van der Waals surface area contributed by atoms with E-state index in [0.717, 1.165) is 25.7 Å². The molecule has 0 heterocycles. The number of nitrogens with zero attached hydrogens (tertiary/aromatic N) is 1. The van der Waals surface area contributed by atoms with Crippen molar-refractivity contribution >= 4 is 5.91 Å². The van der Waals surface area contributed by atoms with Gasteiger partial charge in [0, 0.05) is 11.6 Å². The number of hydrogen-bond acceptors (Lipinski definition) is 2. The lowest BCUT2D eigenvalue weighted by atomic mass is 9.81. The highest BCUT2D eigenvalue weighted by Crippen LogP contribution is 2.30. The zero-order valence-electron chi connectivity index (χ0n) is 9.12. The Labute approximate surface area is 86.0 Å². The predicted molar refractivity (Wildman–Crippen MR) is 57.8 cm³/mol. The number of hydrogen-bond donors (Lipinski definition) is 1. The van der Waals surface area contributed by atoms with Crippen molar-refractivity contribution in [2.75, 3.05) is 14.1 Å². The van der Waals surface area contributed by atoms with Crippen LogP contribution in [0.2, 0.25) is 0 Å². The van der Waals surface area contributed by atoms with Crippen LogP contribution in [0.25, 0.3) is 0 Å². The van der Waals surface area contributed by atoms with Crippen LogP contribution in [0.4, 0.5) is 0 Å². The largest absolute Gasteiger partial charge is 0.366 e. The highest BCUT2D eigenvalue weighted by Gasteiger charge is 2.25. The van der Waals surface area contributed by atoms with E-state index in [1.165, 1.54) is 0 Å². The minimum Gasteiger partial charge on any atom is -0.366 e. The fraction of sp³-hybridized carbons (Fsp3) is 0.727. The molecule has 0 unspecified atom stereocenters. The zero-order chi connectivity index (χ0) is 10.7. The topological polar surface area (TPSA) is 46.3 Å². The molecule has 1 aliphatic carbocycles. The van der Waals surface area contributed by atoms with Crippen molar-refractivity contribution in [3.8, 4) is 0 Å². The van der Waals surface area contributed by atoms with Crippen LogP contribution in [0.5, 0.6) is 0 Å². The molecule has 0 saturated heterocycles. The second kappa shape index (κ2) is 4.60. The van der Waals surface area contributed by atoms with E-state index in [4.69, 9.17) is 5.73 Å². The first kappa shape index (κ1) is 11.2. The van der Waals surface area contributed by atoms with Gasteiger partial charge in [-0.25, -0.2) is 0 Å². The van der Waals surface area contributed by atoms with Crippen molar-refractivity contribution in [2.24, 2.45) is 11.7 Å². The van der Waals surface area contributed by atoms with Crippen molar-refractivity contribution in [2.45, 2.75) is 31.7 Å². The minimum absolute atomic E-state index is 0.323.